The van der Waals surface area contributed by atoms with Gasteiger partial charge < -0.3 is 20.3 Å². The second-order valence-electron chi connectivity index (χ2n) is 6.47. The highest BCUT2D eigenvalue weighted by Crippen LogP contribution is 2.15. The van der Waals surface area contributed by atoms with Gasteiger partial charge in [0.25, 0.3) is 0 Å². The molecule has 0 aliphatic rings. The Kier molecular flexibility index (Phi) is 10.1. The third kappa shape index (κ3) is 9.22. The normalized spacial score (nSPS) is 12.4. The second-order valence-corrected chi connectivity index (χ2v) is 6.47. The summed E-state index contributed by atoms with van der Waals surface area (Å²) in [6, 6.07) is 10.2. The number of carbonyl (C=O) groups is 1. The number of nitrogens with one attached hydrogen (secondary N) is 2. The fourth-order valence-electron chi connectivity index (χ4n) is 2.06. The number of hydrogen-bond donors (Lipinski definition) is 2. The van der Waals surface area contributed by atoms with Crippen molar-refractivity contribution in [2.75, 3.05) is 40.3 Å². The quantitative estimate of drug-likeness (QED) is 0.291. The van der Waals surface area contributed by atoms with Gasteiger partial charge in [-0.1, -0.05) is 42.5 Å². The van der Waals surface area contributed by atoms with Crippen molar-refractivity contribution in [1.29, 1.82) is 0 Å². The van der Waals surface area contributed by atoms with Crippen LogP contribution in [0.25, 0.3) is 0 Å². The zero-order chi connectivity index (χ0) is 19.4. The average Bonchev–Trinajstić information content (AvgIpc) is 2.62. The van der Waals surface area contributed by atoms with Crippen LogP contribution in [0.4, 0.5) is 0 Å². The summed E-state index contributed by atoms with van der Waals surface area (Å²) in [5.74, 6) is 0.570. The van der Waals surface area contributed by atoms with Crippen molar-refractivity contribution < 1.29 is 9.53 Å². The highest BCUT2D eigenvalue weighted by atomic mass is 16.5. The van der Waals surface area contributed by atoms with Gasteiger partial charge in [0.1, 0.15) is 6.54 Å². The Labute approximate surface area is 157 Å². The maximum absolute atomic E-state index is 11.7. The van der Waals surface area contributed by atoms with E-state index in [0.717, 1.165) is 12.0 Å². The first-order valence-corrected chi connectivity index (χ1v) is 8.93. The number of likely N-dealkylation sites (N-methyl/N-ethyl adjacent to an activating group) is 1. The van der Waals surface area contributed by atoms with Gasteiger partial charge >= 0.3 is 0 Å². The van der Waals surface area contributed by atoms with E-state index in [4.69, 9.17) is 4.74 Å². The molecule has 0 aliphatic heterocycles. The summed E-state index contributed by atoms with van der Waals surface area (Å²) in [7, 11) is 3.44. The molecule has 0 radical (unpaired) electrons. The largest absolute Gasteiger partial charge is 0.374 e. The number of hydrogen-bond acceptors (Lipinski definition) is 3. The van der Waals surface area contributed by atoms with E-state index in [9.17, 15) is 4.79 Å². The molecule has 1 atom stereocenters. The lowest BCUT2D eigenvalue weighted by molar-refractivity contribution is -0.127. The molecule has 1 aromatic carbocycles. The molecular weight excluding hydrogens is 328 g/mol. The van der Waals surface area contributed by atoms with Gasteiger partial charge in [-0.15, -0.1) is 0 Å². The van der Waals surface area contributed by atoms with Crippen LogP contribution in [0.3, 0.4) is 0 Å². The molecule has 1 amide bonds. The number of carbonyl (C=O) groups excluding carboxylic acids is 1. The predicted molar refractivity (Wildman–Crippen MR) is 107 cm³/mol. The van der Waals surface area contributed by atoms with E-state index in [1.165, 1.54) is 10.5 Å². The maximum Gasteiger partial charge on any atom is 0.243 e. The van der Waals surface area contributed by atoms with Gasteiger partial charge in [-0.05, 0) is 25.8 Å². The van der Waals surface area contributed by atoms with E-state index in [1.54, 1.807) is 14.1 Å². The summed E-state index contributed by atoms with van der Waals surface area (Å²) in [6.07, 6.45) is 0.913. The van der Waals surface area contributed by atoms with Crippen LogP contribution in [0.2, 0.25) is 0 Å². The number of guanidine groups is 1. The van der Waals surface area contributed by atoms with Gasteiger partial charge in [0, 0.05) is 33.8 Å². The highest BCUT2D eigenvalue weighted by molar-refractivity contribution is 5.84. The van der Waals surface area contributed by atoms with Crippen LogP contribution >= 0.6 is 0 Å². The number of rotatable bonds is 10. The van der Waals surface area contributed by atoms with Crippen molar-refractivity contribution >= 4 is 11.9 Å². The minimum absolute atomic E-state index is 0.0403. The van der Waals surface area contributed by atoms with Crippen molar-refractivity contribution in [1.82, 2.24) is 15.5 Å². The van der Waals surface area contributed by atoms with Crippen molar-refractivity contribution in [3.05, 3.63) is 48.0 Å². The van der Waals surface area contributed by atoms with Crippen LogP contribution in [0.1, 0.15) is 31.9 Å². The molecule has 1 unspecified atom stereocenters. The van der Waals surface area contributed by atoms with Gasteiger partial charge in [-0.3, -0.25) is 4.79 Å². The maximum atomic E-state index is 11.7. The van der Waals surface area contributed by atoms with Crippen molar-refractivity contribution in [3.63, 3.8) is 0 Å². The summed E-state index contributed by atoms with van der Waals surface area (Å²) < 4.78 is 5.86. The first-order chi connectivity index (χ1) is 12.4. The van der Waals surface area contributed by atoms with E-state index in [0.29, 0.717) is 25.7 Å². The average molecular weight is 361 g/mol. The SMILES string of the molecule is C=C(C)CNC(=NCC(=O)N(C)C)NCCCOC(C)c1ccccc1. The molecule has 1 rings (SSSR count). The minimum atomic E-state index is -0.0403. The number of ether oxygens (including phenoxy) is 1. The van der Waals surface area contributed by atoms with Crippen LogP contribution in [-0.2, 0) is 9.53 Å². The minimum Gasteiger partial charge on any atom is -0.374 e. The Hall–Kier alpha value is -2.34. The molecule has 6 nitrogen and oxygen atoms in total. The number of nitrogens with zero attached hydrogens (tertiary/aromatic N) is 2. The molecule has 0 saturated heterocycles. The number of aliphatic imine (C=N–C) groups is 1. The third-order valence-corrected chi connectivity index (χ3v) is 3.68. The van der Waals surface area contributed by atoms with Gasteiger partial charge in [-0.25, -0.2) is 4.99 Å². The van der Waals surface area contributed by atoms with Crippen LogP contribution < -0.4 is 10.6 Å². The fraction of sp³-hybridized carbons (Fsp3) is 0.500. The van der Waals surface area contributed by atoms with Crippen LogP contribution in [0, 0.1) is 0 Å². The molecule has 144 valence electrons. The molecule has 0 bridgehead atoms. The lowest BCUT2D eigenvalue weighted by Gasteiger charge is -2.15. The molecule has 0 aromatic heterocycles. The van der Waals surface area contributed by atoms with Gasteiger partial charge in [0.2, 0.25) is 5.91 Å². The van der Waals surface area contributed by atoms with Crippen LogP contribution in [0.15, 0.2) is 47.5 Å². The zero-order valence-electron chi connectivity index (χ0n) is 16.4. The first kappa shape index (κ1) is 21.7. The van der Waals surface area contributed by atoms with Crippen molar-refractivity contribution in [3.8, 4) is 0 Å². The van der Waals surface area contributed by atoms with E-state index in [-0.39, 0.29) is 18.6 Å². The molecule has 0 fully saturated rings. The number of benzene rings is 1. The summed E-state index contributed by atoms with van der Waals surface area (Å²) >= 11 is 0. The van der Waals surface area contributed by atoms with E-state index in [1.807, 2.05) is 25.1 Å². The molecule has 6 heteroatoms. The van der Waals surface area contributed by atoms with Gasteiger partial charge in [0.15, 0.2) is 5.96 Å². The van der Waals surface area contributed by atoms with E-state index >= 15 is 0 Å². The van der Waals surface area contributed by atoms with Crippen molar-refractivity contribution in [2.24, 2.45) is 4.99 Å². The van der Waals surface area contributed by atoms with Gasteiger partial charge in [0.05, 0.1) is 6.10 Å². The molecular formula is C20H32N4O2. The predicted octanol–water partition coefficient (Wildman–Crippen LogP) is 2.35. The molecule has 1 aromatic rings. The highest BCUT2D eigenvalue weighted by Gasteiger charge is 2.06. The summed E-state index contributed by atoms with van der Waals surface area (Å²) in [5.41, 5.74) is 2.17. The summed E-state index contributed by atoms with van der Waals surface area (Å²) in [4.78, 5) is 17.5. The smallest absolute Gasteiger partial charge is 0.243 e. The monoisotopic (exact) mass is 360 g/mol. The van der Waals surface area contributed by atoms with Crippen LogP contribution in [0.5, 0.6) is 0 Å². The Balaban J connectivity index is 2.36. The lowest BCUT2D eigenvalue weighted by Crippen LogP contribution is -2.40. The van der Waals surface area contributed by atoms with E-state index < -0.39 is 0 Å². The topological polar surface area (TPSA) is 66.0 Å². The number of amides is 1. The second kappa shape index (κ2) is 12.1. The first-order valence-electron chi connectivity index (χ1n) is 8.93. The standard InChI is InChI=1S/C20H32N4O2/c1-16(2)14-22-20(23-15-19(25)24(4)5)21-12-9-13-26-17(3)18-10-7-6-8-11-18/h6-8,10-11,17H,1,9,12-15H2,2-5H3,(H2,21,22,23). The zero-order valence-corrected chi connectivity index (χ0v) is 16.4. The molecule has 0 aliphatic carbocycles. The fourth-order valence-corrected chi connectivity index (χ4v) is 2.06. The van der Waals surface area contributed by atoms with E-state index in [2.05, 4.69) is 41.3 Å². The Bertz CT molecular complexity index is 585. The summed E-state index contributed by atoms with van der Waals surface area (Å²) in [6.45, 7) is 9.94. The molecule has 2 N–H and O–H groups in total. The van der Waals surface area contributed by atoms with Crippen LogP contribution in [-0.4, -0.2) is 57.1 Å². The summed E-state index contributed by atoms with van der Waals surface area (Å²) in [5, 5.41) is 6.40. The molecule has 26 heavy (non-hydrogen) atoms. The molecule has 0 spiro atoms. The van der Waals surface area contributed by atoms with Gasteiger partial charge in [-0.2, -0.15) is 0 Å². The molecule has 0 heterocycles. The Morgan fingerprint density at radius 3 is 2.58 bits per heavy atom. The molecule has 0 saturated carbocycles. The lowest BCUT2D eigenvalue weighted by atomic mass is 10.1. The Morgan fingerprint density at radius 1 is 1.27 bits per heavy atom. The Morgan fingerprint density at radius 2 is 1.96 bits per heavy atom. The van der Waals surface area contributed by atoms with Crippen molar-refractivity contribution in [2.45, 2.75) is 26.4 Å². The third-order valence-electron chi connectivity index (χ3n) is 3.68.